The average molecular weight is 822 g/mol. The molecule has 4 heterocycles. The van der Waals surface area contributed by atoms with Gasteiger partial charge in [-0.1, -0.05) is 170 Å². The van der Waals surface area contributed by atoms with E-state index < -0.39 is 0 Å². The minimum Gasteiger partial charge on any atom is -0.455 e. The molecule has 0 spiro atoms. The van der Waals surface area contributed by atoms with E-state index in [2.05, 4.69) is 156 Å². The minimum absolute atomic E-state index is 0.570. The van der Waals surface area contributed by atoms with Gasteiger partial charge in [-0.25, -0.2) is 4.98 Å². The van der Waals surface area contributed by atoms with Crippen molar-refractivity contribution in [3.63, 3.8) is 0 Å². The van der Waals surface area contributed by atoms with Gasteiger partial charge in [-0.15, -0.1) is 0 Å². The first-order chi connectivity index (χ1) is 31.6. The minimum atomic E-state index is 0.570. The van der Waals surface area contributed by atoms with Crippen molar-refractivity contribution in [2.75, 3.05) is 11.4 Å². The fourth-order valence-corrected chi connectivity index (χ4v) is 9.12. The first-order valence-electron chi connectivity index (χ1n) is 21.5. The van der Waals surface area contributed by atoms with Gasteiger partial charge < -0.3 is 9.32 Å². The van der Waals surface area contributed by atoms with E-state index in [1.54, 1.807) is 0 Å². The van der Waals surface area contributed by atoms with Crippen LogP contribution in [0.3, 0.4) is 0 Å². The fourth-order valence-electron chi connectivity index (χ4n) is 9.12. The lowest BCUT2D eigenvalue weighted by atomic mass is 9.96. The van der Waals surface area contributed by atoms with Crippen LogP contribution in [0.4, 0.5) is 11.4 Å². The van der Waals surface area contributed by atoms with Gasteiger partial charge in [0, 0.05) is 61.7 Å². The molecule has 0 radical (unpaired) electrons. The zero-order chi connectivity index (χ0) is 42.6. The zero-order valence-electron chi connectivity index (χ0n) is 34.8. The summed E-state index contributed by atoms with van der Waals surface area (Å²) in [6.45, 7) is 5.27. The van der Waals surface area contributed by atoms with Crippen molar-refractivity contribution in [2.45, 2.75) is 0 Å². The monoisotopic (exact) mass is 821 g/mol. The first-order valence-corrected chi connectivity index (χ1v) is 21.5. The molecule has 0 unspecified atom stereocenters. The Balaban J connectivity index is 0.943. The van der Waals surface area contributed by atoms with Crippen LogP contribution in [-0.2, 0) is 0 Å². The molecule has 302 valence electrons. The maximum atomic E-state index is 6.39. The quantitative estimate of drug-likeness (QED) is 0.167. The standard InChI is InChI=1S/C58H39N5O/c1-38-16-5-4-14-35-62(44-31-27-39(28-32-44)45-23-15-24-48-47-22-11-13-26-54(47)64-55(45)48)51-33-29-42(36-49(38)51)43-30-34-53-50(37-43)46-21-10-12-25-52(46)63(53)58-60-56(40-17-6-2-7-18-40)59-57(61-58)41-19-8-3-9-20-41/h2-34,36-37H,1,35H2/b14-4-,16-5-. The highest BCUT2D eigenvalue weighted by Gasteiger charge is 2.21. The van der Waals surface area contributed by atoms with Gasteiger partial charge in [0.2, 0.25) is 5.95 Å². The third kappa shape index (κ3) is 6.39. The van der Waals surface area contributed by atoms with E-state index in [0.717, 1.165) is 99.6 Å². The highest BCUT2D eigenvalue weighted by molar-refractivity contribution is 6.11. The predicted molar refractivity (Wildman–Crippen MR) is 264 cm³/mol. The van der Waals surface area contributed by atoms with E-state index in [9.17, 15) is 0 Å². The van der Waals surface area contributed by atoms with Crippen LogP contribution in [0.15, 0.2) is 223 Å². The Hall–Kier alpha value is -8.61. The van der Waals surface area contributed by atoms with Crippen LogP contribution in [-0.4, -0.2) is 26.1 Å². The lowest BCUT2D eigenvalue weighted by Crippen LogP contribution is -2.18. The highest BCUT2D eigenvalue weighted by atomic mass is 16.3. The summed E-state index contributed by atoms with van der Waals surface area (Å²) in [5.74, 6) is 1.82. The molecule has 0 saturated carbocycles. The summed E-state index contributed by atoms with van der Waals surface area (Å²) in [5, 5.41) is 4.49. The molecular weight excluding hydrogens is 783 g/mol. The van der Waals surface area contributed by atoms with Crippen LogP contribution in [0.5, 0.6) is 0 Å². The number of benzene rings is 8. The molecule has 64 heavy (non-hydrogen) atoms. The third-order valence-electron chi connectivity index (χ3n) is 12.3. The van der Waals surface area contributed by atoms with E-state index in [0.29, 0.717) is 24.1 Å². The van der Waals surface area contributed by atoms with Gasteiger partial charge in [-0.3, -0.25) is 4.57 Å². The molecular formula is C58H39N5O. The number of aromatic nitrogens is 4. The second kappa shape index (κ2) is 15.4. The number of hydrogen-bond acceptors (Lipinski definition) is 5. The van der Waals surface area contributed by atoms with Crippen LogP contribution in [0.2, 0.25) is 0 Å². The first kappa shape index (κ1) is 37.2. The van der Waals surface area contributed by atoms with Gasteiger partial charge >= 0.3 is 0 Å². The fraction of sp³-hybridized carbons (Fsp3) is 0.0172. The van der Waals surface area contributed by atoms with E-state index in [1.165, 1.54) is 0 Å². The summed E-state index contributed by atoms with van der Waals surface area (Å²) >= 11 is 0. The average Bonchev–Trinajstić information content (AvgIpc) is 3.93. The molecule has 12 rings (SSSR count). The lowest BCUT2D eigenvalue weighted by Gasteiger charge is -2.27. The Kier molecular flexibility index (Phi) is 8.94. The molecule has 0 fully saturated rings. The van der Waals surface area contributed by atoms with E-state index in [-0.39, 0.29) is 0 Å². The number of hydrogen-bond donors (Lipinski definition) is 0. The van der Waals surface area contributed by atoms with E-state index >= 15 is 0 Å². The topological polar surface area (TPSA) is 60.0 Å². The molecule has 11 aromatic rings. The molecule has 0 saturated heterocycles. The van der Waals surface area contributed by atoms with Crippen molar-refractivity contribution in [1.82, 2.24) is 19.5 Å². The van der Waals surface area contributed by atoms with Crippen LogP contribution >= 0.6 is 0 Å². The predicted octanol–water partition coefficient (Wildman–Crippen LogP) is 14.8. The molecule has 0 N–H and O–H groups in total. The number of furan rings is 1. The Morgan fingerprint density at radius 2 is 1.11 bits per heavy atom. The molecule has 0 atom stereocenters. The maximum absolute atomic E-state index is 6.39. The summed E-state index contributed by atoms with van der Waals surface area (Å²) < 4.78 is 8.56. The molecule has 0 amide bonds. The Morgan fingerprint density at radius 1 is 0.469 bits per heavy atom. The molecule has 8 aromatic carbocycles. The molecule has 6 heteroatoms. The van der Waals surface area contributed by atoms with Gasteiger partial charge in [0.15, 0.2) is 11.6 Å². The van der Waals surface area contributed by atoms with Crippen LogP contribution < -0.4 is 4.90 Å². The number of allylic oxidation sites excluding steroid dienone is 4. The third-order valence-corrected chi connectivity index (χ3v) is 12.3. The summed E-state index contributed by atoms with van der Waals surface area (Å²) in [5.41, 5.74) is 14.3. The summed E-state index contributed by atoms with van der Waals surface area (Å²) in [7, 11) is 0. The Labute approximate surface area is 370 Å². The number of fused-ring (bicyclic) bond motifs is 7. The van der Waals surface area contributed by atoms with Gasteiger partial charge in [0.05, 0.1) is 11.0 Å². The van der Waals surface area contributed by atoms with Crippen molar-refractivity contribution >= 4 is 60.7 Å². The van der Waals surface area contributed by atoms with Crippen molar-refractivity contribution in [3.05, 3.63) is 225 Å². The summed E-state index contributed by atoms with van der Waals surface area (Å²) in [6, 6.07) is 65.6. The Morgan fingerprint density at radius 3 is 1.89 bits per heavy atom. The van der Waals surface area contributed by atoms with E-state index in [4.69, 9.17) is 19.4 Å². The highest BCUT2D eigenvalue weighted by Crippen LogP contribution is 2.41. The van der Waals surface area contributed by atoms with Crippen molar-refractivity contribution in [3.8, 4) is 51.0 Å². The van der Waals surface area contributed by atoms with Crippen LogP contribution in [0, 0.1) is 0 Å². The molecule has 1 aliphatic heterocycles. The summed E-state index contributed by atoms with van der Waals surface area (Å²) in [4.78, 5) is 17.5. The number of anilines is 2. The van der Waals surface area contributed by atoms with Crippen molar-refractivity contribution < 1.29 is 4.42 Å². The normalized spacial score (nSPS) is 13.8. The smallest absolute Gasteiger partial charge is 0.238 e. The molecule has 6 nitrogen and oxygen atoms in total. The van der Waals surface area contributed by atoms with Crippen molar-refractivity contribution in [1.29, 1.82) is 0 Å². The molecule has 0 aliphatic carbocycles. The van der Waals surface area contributed by atoms with Gasteiger partial charge in [0.1, 0.15) is 11.2 Å². The second-order valence-corrected chi connectivity index (χ2v) is 16.1. The number of rotatable bonds is 6. The number of para-hydroxylation sites is 3. The SMILES string of the molecule is C=C1/C=C\C=C/CN(c2ccc(-c3cccc4c3oc3ccccc34)cc2)c2ccc(-c3ccc4c(c3)c3ccccc3n4-c3nc(-c4ccccc4)nc(-c4ccccc4)n3)cc21. The van der Waals surface area contributed by atoms with E-state index in [1.807, 2.05) is 72.8 Å². The van der Waals surface area contributed by atoms with Crippen LogP contribution in [0.25, 0.3) is 100 Å². The number of nitrogens with zero attached hydrogens (tertiary/aromatic N) is 5. The molecule has 1 aliphatic rings. The zero-order valence-corrected chi connectivity index (χ0v) is 34.8. The van der Waals surface area contributed by atoms with Crippen molar-refractivity contribution in [2.24, 2.45) is 0 Å². The summed E-state index contributed by atoms with van der Waals surface area (Å²) in [6.07, 6.45) is 8.47. The van der Waals surface area contributed by atoms with Crippen LogP contribution in [0.1, 0.15) is 5.56 Å². The lowest BCUT2D eigenvalue weighted by molar-refractivity contribution is 0.670. The molecule has 0 bridgehead atoms. The second-order valence-electron chi connectivity index (χ2n) is 16.1. The maximum Gasteiger partial charge on any atom is 0.238 e. The largest absolute Gasteiger partial charge is 0.455 e. The van der Waals surface area contributed by atoms with Gasteiger partial charge in [0.25, 0.3) is 0 Å². The van der Waals surface area contributed by atoms with Gasteiger partial charge in [-0.2, -0.15) is 9.97 Å². The Bertz CT molecular complexity index is 3600. The van der Waals surface area contributed by atoms with Gasteiger partial charge in [-0.05, 0) is 70.8 Å². The molecule has 3 aromatic heterocycles.